The number of fused-ring (bicyclic) bond motifs is 1. The van der Waals surface area contributed by atoms with E-state index in [1.807, 2.05) is 18.2 Å². The first-order valence-electron chi connectivity index (χ1n) is 9.88. The number of carbonyl (C=O) groups excluding carboxylic acids is 1. The molecule has 156 valence electrons. The van der Waals surface area contributed by atoms with E-state index in [4.69, 9.17) is 0 Å². The Morgan fingerprint density at radius 1 is 1.13 bits per heavy atom. The summed E-state index contributed by atoms with van der Waals surface area (Å²) in [6.07, 6.45) is 1.50. The Labute approximate surface area is 184 Å². The highest BCUT2D eigenvalue weighted by atomic mass is 32.2. The number of amides is 1. The average molecular weight is 432 g/mol. The zero-order valence-corrected chi connectivity index (χ0v) is 17.9. The van der Waals surface area contributed by atoms with Crippen molar-refractivity contribution in [2.45, 2.75) is 18.6 Å². The minimum Gasteiger partial charge on any atom is -0.508 e. The van der Waals surface area contributed by atoms with Gasteiger partial charge in [0.2, 0.25) is 0 Å². The predicted octanol–water partition coefficient (Wildman–Crippen LogP) is 3.76. The van der Waals surface area contributed by atoms with Crippen LogP contribution in [-0.2, 0) is 11.3 Å². The lowest BCUT2D eigenvalue weighted by atomic mass is 10.1. The molecule has 0 unspecified atom stereocenters. The predicted molar refractivity (Wildman–Crippen MR) is 123 cm³/mol. The lowest BCUT2D eigenvalue weighted by Crippen LogP contribution is -2.36. The Balaban J connectivity index is 1.45. The number of aromatic amines is 1. The van der Waals surface area contributed by atoms with E-state index >= 15 is 0 Å². The van der Waals surface area contributed by atoms with Gasteiger partial charge in [0.1, 0.15) is 12.3 Å². The number of hydrogen-bond donors (Lipinski definition) is 3. The molecule has 0 spiro atoms. The summed E-state index contributed by atoms with van der Waals surface area (Å²) >= 11 is 1.43. The number of aromatic hydroxyl groups is 1. The van der Waals surface area contributed by atoms with Crippen molar-refractivity contribution in [1.29, 1.82) is 0 Å². The summed E-state index contributed by atoms with van der Waals surface area (Å²) in [5, 5.41) is 14.4. The lowest BCUT2D eigenvalue weighted by Gasteiger charge is -2.03. The minimum atomic E-state index is -0.207. The lowest BCUT2D eigenvalue weighted by molar-refractivity contribution is -0.700. The second kappa shape index (κ2) is 9.49. The van der Waals surface area contributed by atoms with Gasteiger partial charge in [0, 0.05) is 0 Å². The number of aryl methyl sites for hydroxylation is 1. The molecule has 3 aromatic carbocycles. The Morgan fingerprint density at radius 3 is 2.74 bits per heavy atom. The first-order chi connectivity index (χ1) is 15.1. The third-order valence-corrected chi connectivity index (χ3v) is 5.76. The van der Waals surface area contributed by atoms with Crippen LogP contribution in [0.2, 0.25) is 0 Å². The van der Waals surface area contributed by atoms with Crippen LogP contribution in [0, 0.1) is 6.92 Å². The molecule has 0 aliphatic rings. The molecular formula is C24H23N4O2S+. The fourth-order valence-corrected chi connectivity index (χ4v) is 4.04. The number of hydrogen-bond acceptors (Lipinski definition) is 4. The van der Waals surface area contributed by atoms with E-state index in [1.165, 1.54) is 29.1 Å². The van der Waals surface area contributed by atoms with Crippen molar-refractivity contribution in [3.8, 4) is 5.75 Å². The average Bonchev–Trinajstić information content (AvgIpc) is 3.11. The Kier molecular flexibility index (Phi) is 6.33. The zero-order chi connectivity index (χ0) is 21.6. The summed E-state index contributed by atoms with van der Waals surface area (Å²) in [5.74, 6) is 0.169. The number of thioether (sulfide) groups is 1. The zero-order valence-electron chi connectivity index (χ0n) is 17.1. The molecule has 0 saturated heterocycles. The molecule has 0 radical (unpaired) electrons. The van der Waals surface area contributed by atoms with Crippen LogP contribution in [0.4, 0.5) is 0 Å². The van der Waals surface area contributed by atoms with Crippen LogP contribution in [-0.4, -0.2) is 28.0 Å². The monoisotopic (exact) mass is 431 g/mol. The van der Waals surface area contributed by atoms with Gasteiger partial charge < -0.3 is 5.11 Å². The van der Waals surface area contributed by atoms with Gasteiger partial charge in [0.25, 0.3) is 5.91 Å². The normalized spacial score (nSPS) is 11.3. The number of rotatable bonds is 7. The number of hydrazone groups is 1. The van der Waals surface area contributed by atoms with Gasteiger partial charge in [-0.2, -0.15) is 5.10 Å². The molecule has 31 heavy (non-hydrogen) atoms. The Morgan fingerprint density at radius 2 is 1.94 bits per heavy atom. The molecule has 0 bridgehead atoms. The van der Waals surface area contributed by atoms with Crippen LogP contribution >= 0.6 is 11.8 Å². The van der Waals surface area contributed by atoms with Crippen molar-refractivity contribution >= 4 is 34.9 Å². The molecule has 0 saturated carbocycles. The topological polar surface area (TPSA) is 81.4 Å². The maximum atomic E-state index is 12.3. The van der Waals surface area contributed by atoms with Gasteiger partial charge in [-0.25, -0.2) is 15.0 Å². The van der Waals surface area contributed by atoms with Crippen LogP contribution in [0.1, 0.15) is 16.7 Å². The fourth-order valence-electron chi connectivity index (χ4n) is 3.20. The van der Waals surface area contributed by atoms with Gasteiger partial charge >= 0.3 is 5.16 Å². The number of imidazole rings is 1. The third-order valence-electron chi connectivity index (χ3n) is 4.76. The molecule has 3 N–H and O–H groups in total. The Bertz CT molecular complexity index is 1230. The van der Waals surface area contributed by atoms with Gasteiger partial charge in [-0.1, -0.05) is 54.1 Å². The molecule has 1 aromatic heterocycles. The van der Waals surface area contributed by atoms with Gasteiger partial charge in [0.05, 0.1) is 12.0 Å². The van der Waals surface area contributed by atoms with E-state index in [0.29, 0.717) is 12.1 Å². The van der Waals surface area contributed by atoms with Crippen molar-refractivity contribution in [1.82, 2.24) is 10.4 Å². The number of para-hydroxylation sites is 2. The van der Waals surface area contributed by atoms with E-state index in [2.05, 4.69) is 57.3 Å². The number of phenolic OH excluding ortho intramolecular Hbond substituents is 1. The molecular weight excluding hydrogens is 408 g/mol. The molecule has 0 atom stereocenters. The molecule has 1 amide bonds. The molecule has 0 fully saturated rings. The van der Waals surface area contributed by atoms with E-state index in [9.17, 15) is 9.90 Å². The van der Waals surface area contributed by atoms with Crippen molar-refractivity contribution in [2.24, 2.45) is 5.10 Å². The molecule has 7 heteroatoms. The molecule has 6 nitrogen and oxygen atoms in total. The number of nitrogens with zero attached hydrogens (tertiary/aromatic N) is 2. The van der Waals surface area contributed by atoms with Crippen LogP contribution in [0.15, 0.2) is 83.1 Å². The standard InChI is InChI=1S/C24H22N4O2S/c1-17-9-11-18(12-10-17)15-28-22-8-3-2-7-21(22)26-24(28)31-16-23(30)27-25-14-19-5-4-6-20(29)13-19/h2-14H,15-16H2,1H3,(H2,27,29,30)/p+1/b25-14+. The van der Waals surface area contributed by atoms with Crippen molar-refractivity contribution in [3.05, 3.63) is 89.5 Å². The van der Waals surface area contributed by atoms with Crippen molar-refractivity contribution in [2.75, 3.05) is 5.75 Å². The summed E-state index contributed by atoms with van der Waals surface area (Å²) in [7, 11) is 0. The van der Waals surface area contributed by atoms with E-state index in [0.717, 1.165) is 16.2 Å². The van der Waals surface area contributed by atoms with Crippen LogP contribution in [0.5, 0.6) is 5.75 Å². The van der Waals surface area contributed by atoms with Gasteiger partial charge in [-0.05, 0) is 54.1 Å². The molecule has 1 heterocycles. The molecule has 0 aliphatic carbocycles. The summed E-state index contributed by atoms with van der Waals surface area (Å²) in [5.41, 5.74) is 7.78. The second-order valence-corrected chi connectivity index (χ2v) is 8.16. The molecule has 4 rings (SSSR count). The number of benzene rings is 3. The number of carbonyl (C=O) groups is 1. The molecule has 4 aromatic rings. The number of H-pyrrole nitrogens is 1. The van der Waals surface area contributed by atoms with Gasteiger partial charge in [-0.15, -0.1) is 0 Å². The van der Waals surface area contributed by atoms with Crippen LogP contribution in [0.25, 0.3) is 11.0 Å². The molecule has 0 aliphatic heterocycles. The van der Waals surface area contributed by atoms with E-state index < -0.39 is 0 Å². The maximum Gasteiger partial charge on any atom is 0.317 e. The smallest absolute Gasteiger partial charge is 0.317 e. The highest BCUT2D eigenvalue weighted by molar-refractivity contribution is 7.99. The highest BCUT2D eigenvalue weighted by Gasteiger charge is 2.20. The summed E-state index contributed by atoms with van der Waals surface area (Å²) < 4.78 is 2.19. The largest absolute Gasteiger partial charge is 0.508 e. The van der Waals surface area contributed by atoms with E-state index in [-0.39, 0.29) is 17.4 Å². The van der Waals surface area contributed by atoms with Gasteiger partial charge in [0.15, 0.2) is 11.0 Å². The van der Waals surface area contributed by atoms with Gasteiger partial charge in [-0.3, -0.25) is 4.79 Å². The quantitative estimate of drug-likeness (QED) is 0.180. The number of aromatic nitrogens is 2. The van der Waals surface area contributed by atoms with E-state index in [1.54, 1.807) is 24.3 Å². The van der Waals surface area contributed by atoms with Crippen LogP contribution in [0.3, 0.4) is 0 Å². The first kappa shape index (κ1) is 20.7. The summed E-state index contributed by atoms with van der Waals surface area (Å²) in [6, 6.07) is 23.2. The van der Waals surface area contributed by atoms with Crippen molar-refractivity contribution in [3.63, 3.8) is 0 Å². The summed E-state index contributed by atoms with van der Waals surface area (Å²) in [6.45, 7) is 2.79. The Hall–Kier alpha value is -3.58. The minimum absolute atomic E-state index is 0.155. The summed E-state index contributed by atoms with van der Waals surface area (Å²) in [4.78, 5) is 15.7. The second-order valence-electron chi connectivity index (χ2n) is 7.20. The maximum absolute atomic E-state index is 12.3. The first-order valence-corrected chi connectivity index (χ1v) is 10.9. The SMILES string of the molecule is Cc1ccc(C[n+]2c(SCC(=O)N/N=C/c3cccc(O)c3)[nH]c3ccccc32)cc1. The van der Waals surface area contributed by atoms with Crippen LogP contribution < -0.4 is 9.99 Å². The van der Waals surface area contributed by atoms with Crippen molar-refractivity contribution < 1.29 is 14.5 Å². The fraction of sp³-hybridized carbons (Fsp3) is 0.125. The number of phenols is 1. The third kappa shape index (κ3) is 5.32. The highest BCUT2D eigenvalue weighted by Crippen LogP contribution is 2.18. The number of nitrogens with one attached hydrogen (secondary N) is 2.